The first-order valence-electron chi connectivity index (χ1n) is 16.9. The van der Waals surface area contributed by atoms with Crippen LogP contribution < -0.4 is 19.5 Å². The van der Waals surface area contributed by atoms with Crippen molar-refractivity contribution >= 4 is 17.0 Å². The number of H-pyrrole nitrogens is 1. The maximum Gasteiger partial charge on any atom is 0.160 e. The van der Waals surface area contributed by atoms with E-state index in [1.54, 1.807) is 24.3 Å². The number of aromatic amines is 1. The molecule has 0 fully saturated rings. The molecule has 10 nitrogen and oxygen atoms in total. The number of hydrogen-bond donors (Lipinski definition) is 6. The van der Waals surface area contributed by atoms with Gasteiger partial charge in [0.15, 0.2) is 17.6 Å². The molecule has 0 radical (unpaired) electrons. The molecule has 0 spiro atoms. The Labute approximate surface area is 289 Å². The number of nitrogens with one attached hydrogen (secondary N) is 2. The van der Waals surface area contributed by atoms with Crippen LogP contribution in [0.3, 0.4) is 0 Å². The van der Waals surface area contributed by atoms with Gasteiger partial charge in [0.25, 0.3) is 0 Å². The maximum absolute atomic E-state index is 11.1. The summed E-state index contributed by atoms with van der Waals surface area (Å²) in [5, 5.41) is 45.8. The molecule has 8 rings (SSSR count). The van der Waals surface area contributed by atoms with Crippen molar-refractivity contribution in [3.8, 4) is 39.9 Å². The van der Waals surface area contributed by atoms with E-state index in [2.05, 4.69) is 40.6 Å². The van der Waals surface area contributed by atoms with Gasteiger partial charge in [0.1, 0.15) is 29.5 Å². The van der Waals surface area contributed by atoms with E-state index in [0.29, 0.717) is 36.8 Å². The van der Waals surface area contributed by atoms with Crippen molar-refractivity contribution in [2.75, 3.05) is 34.1 Å². The third kappa shape index (κ3) is 5.36. The second kappa shape index (κ2) is 13.0. The van der Waals surface area contributed by atoms with Crippen LogP contribution >= 0.6 is 0 Å². The monoisotopic (exact) mass is 676 g/mol. The molecule has 0 saturated heterocycles. The minimum atomic E-state index is -0.851. The molecule has 2 aliphatic carbocycles. The summed E-state index contributed by atoms with van der Waals surface area (Å²) in [4.78, 5) is 3.29. The molecule has 2 heterocycles. The Morgan fingerprint density at radius 3 is 2.54 bits per heavy atom. The molecule has 3 aliphatic rings. The van der Waals surface area contributed by atoms with Crippen LogP contribution in [0.2, 0.25) is 0 Å². The van der Waals surface area contributed by atoms with Gasteiger partial charge >= 0.3 is 0 Å². The van der Waals surface area contributed by atoms with E-state index in [-0.39, 0.29) is 36.5 Å². The van der Waals surface area contributed by atoms with Crippen LogP contribution in [-0.4, -0.2) is 71.7 Å². The highest BCUT2D eigenvalue weighted by Crippen LogP contribution is 2.57. The quantitative estimate of drug-likeness (QED) is 0.103. The lowest BCUT2D eigenvalue weighted by Gasteiger charge is -2.41. The van der Waals surface area contributed by atoms with Gasteiger partial charge in [0.05, 0.1) is 27.1 Å². The Bertz CT molecular complexity index is 2100. The van der Waals surface area contributed by atoms with Crippen molar-refractivity contribution in [1.29, 1.82) is 0 Å². The van der Waals surface area contributed by atoms with Crippen molar-refractivity contribution in [2.24, 2.45) is 0 Å². The van der Waals surface area contributed by atoms with Gasteiger partial charge in [-0.25, -0.2) is 0 Å². The molecule has 10 heteroatoms. The van der Waals surface area contributed by atoms with Crippen molar-refractivity contribution in [1.82, 2.24) is 10.3 Å². The normalized spacial score (nSPS) is 20.3. The molecule has 6 N–H and O–H groups in total. The lowest BCUT2D eigenvalue weighted by atomic mass is 9.65. The first kappa shape index (κ1) is 32.2. The van der Waals surface area contributed by atoms with Crippen molar-refractivity contribution < 1.29 is 39.4 Å². The van der Waals surface area contributed by atoms with E-state index >= 15 is 0 Å². The molecule has 258 valence electrons. The summed E-state index contributed by atoms with van der Waals surface area (Å²) in [5.41, 5.74) is 8.70. The molecule has 0 bridgehead atoms. The number of phenols is 2. The van der Waals surface area contributed by atoms with Gasteiger partial charge in [-0.1, -0.05) is 30.4 Å². The molecule has 1 aliphatic heterocycles. The minimum absolute atomic E-state index is 0.0115. The predicted molar refractivity (Wildman–Crippen MR) is 189 cm³/mol. The summed E-state index contributed by atoms with van der Waals surface area (Å²) in [5.74, 6) is 1.69. The van der Waals surface area contributed by atoms with Crippen LogP contribution in [0.25, 0.3) is 28.1 Å². The average Bonchev–Trinajstić information content (AvgIpc) is 3.62. The highest BCUT2D eigenvalue weighted by molar-refractivity contribution is 5.88. The summed E-state index contributed by atoms with van der Waals surface area (Å²) in [7, 11) is 3.33. The first-order chi connectivity index (χ1) is 24.4. The lowest BCUT2D eigenvalue weighted by Crippen LogP contribution is -2.36. The van der Waals surface area contributed by atoms with Crippen LogP contribution in [0, 0.1) is 0 Å². The largest absolute Gasteiger partial charge is 0.507 e. The molecule has 1 aromatic heterocycles. The highest BCUT2D eigenvalue weighted by atomic mass is 16.6. The lowest BCUT2D eigenvalue weighted by molar-refractivity contribution is -0.0429. The van der Waals surface area contributed by atoms with E-state index < -0.39 is 18.3 Å². The summed E-state index contributed by atoms with van der Waals surface area (Å²) >= 11 is 0. The van der Waals surface area contributed by atoms with E-state index in [1.165, 1.54) is 12.7 Å². The van der Waals surface area contributed by atoms with E-state index in [9.17, 15) is 20.4 Å². The average molecular weight is 677 g/mol. The third-order valence-corrected chi connectivity index (χ3v) is 10.3. The third-order valence-electron chi connectivity index (χ3n) is 10.3. The Balaban J connectivity index is 1.31. The zero-order chi connectivity index (χ0) is 34.5. The summed E-state index contributed by atoms with van der Waals surface area (Å²) in [6.45, 7) is -0.445. The van der Waals surface area contributed by atoms with E-state index in [1.807, 2.05) is 31.5 Å². The number of rotatable bonds is 10. The molecule has 50 heavy (non-hydrogen) atoms. The van der Waals surface area contributed by atoms with Crippen LogP contribution in [0.5, 0.6) is 28.7 Å². The second-order valence-corrected chi connectivity index (χ2v) is 13.2. The fourth-order valence-corrected chi connectivity index (χ4v) is 7.99. The maximum atomic E-state index is 11.1. The van der Waals surface area contributed by atoms with Gasteiger partial charge in [0, 0.05) is 46.8 Å². The van der Waals surface area contributed by atoms with Crippen molar-refractivity contribution in [2.45, 2.75) is 43.0 Å². The Kier molecular flexibility index (Phi) is 8.40. The summed E-state index contributed by atoms with van der Waals surface area (Å²) < 4.78 is 25.0. The number of aliphatic hydroxyl groups excluding tert-OH is 2. The topological polar surface area (TPSA) is 146 Å². The van der Waals surface area contributed by atoms with Gasteiger partial charge in [-0.15, -0.1) is 0 Å². The zero-order valence-corrected chi connectivity index (χ0v) is 27.8. The van der Waals surface area contributed by atoms with E-state index in [4.69, 9.17) is 18.9 Å². The van der Waals surface area contributed by atoms with Crippen LogP contribution in [0.1, 0.15) is 51.3 Å². The molecule has 4 atom stereocenters. The fraction of sp³-hybridized carbons (Fsp3) is 0.300. The van der Waals surface area contributed by atoms with Crippen molar-refractivity contribution in [3.63, 3.8) is 0 Å². The first-order valence-corrected chi connectivity index (χ1v) is 16.9. The van der Waals surface area contributed by atoms with Gasteiger partial charge in [-0.05, 0) is 89.0 Å². The van der Waals surface area contributed by atoms with Gasteiger partial charge in [-0.3, -0.25) is 5.32 Å². The number of hydrogen-bond acceptors (Lipinski definition) is 9. The van der Waals surface area contributed by atoms with Crippen LogP contribution in [0.4, 0.5) is 0 Å². The molecule has 5 aromatic rings. The SMILES string of the molecule is CNCOC1Cc2c(cc(OC(CO)CO)c3c2CC2c4c-3ccc(O)c4C=CC2c2ccc3[nH]ccc3c2)OC1c1ccc(O)c(OC)c1. The van der Waals surface area contributed by atoms with Gasteiger partial charge in [0.2, 0.25) is 0 Å². The number of fused-ring (bicyclic) bond motifs is 5. The number of aromatic hydroxyl groups is 2. The fourth-order valence-electron chi connectivity index (χ4n) is 7.99. The number of aliphatic hydroxyl groups is 2. The number of phenolic OH excluding ortho intramolecular Hbond substituents is 2. The minimum Gasteiger partial charge on any atom is -0.507 e. The van der Waals surface area contributed by atoms with Gasteiger partial charge < -0.3 is 44.4 Å². The number of methoxy groups -OCH3 is 1. The number of benzene rings is 4. The highest BCUT2D eigenvalue weighted by Gasteiger charge is 2.42. The van der Waals surface area contributed by atoms with E-state index in [0.717, 1.165) is 49.8 Å². The molecular weight excluding hydrogens is 636 g/mol. The zero-order valence-electron chi connectivity index (χ0n) is 27.8. The molecule has 0 saturated carbocycles. The Morgan fingerprint density at radius 1 is 0.920 bits per heavy atom. The second-order valence-electron chi connectivity index (χ2n) is 13.2. The predicted octanol–water partition coefficient (Wildman–Crippen LogP) is 5.68. The van der Waals surface area contributed by atoms with Crippen molar-refractivity contribution in [3.05, 3.63) is 106 Å². The molecule has 4 unspecified atom stereocenters. The molecule has 4 aromatic carbocycles. The Hall–Kier alpha value is -5.00. The van der Waals surface area contributed by atoms with Gasteiger partial charge in [-0.2, -0.15) is 0 Å². The number of allylic oxidation sites excluding steroid dienone is 1. The molecular formula is C40H40N2O8. The summed E-state index contributed by atoms with van der Waals surface area (Å²) in [6.07, 6.45) is 5.53. The molecule has 0 amide bonds. The number of aromatic nitrogens is 1. The van der Waals surface area contributed by atoms with Crippen LogP contribution in [0.15, 0.2) is 72.9 Å². The standard InChI is InChI=1S/C40H40N2O8/c1-41-20-48-37-16-28-30-15-29-25(21-3-8-31-22(13-21)11-12-42-31)5-6-26-32(45)10-7-27(38(26)29)39(30)36(49-24(18-43)19-44)17-34(28)50-40(37)23-4-9-33(46)35(14-23)47-2/h3-14,17,24-25,29,37,40-46H,15-16,18-20H2,1-2H3. The van der Waals surface area contributed by atoms with Crippen LogP contribution in [-0.2, 0) is 17.6 Å². The summed E-state index contributed by atoms with van der Waals surface area (Å²) in [6, 6.07) is 19.2. The smallest absolute Gasteiger partial charge is 0.160 e. The Morgan fingerprint density at radius 2 is 1.74 bits per heavy atom. The number of ether oxygens (including phenoxy) is 4.